The van der Waals surface area contributed by atoms with Crippen LogP contribution < -0.4 is 15.7 Å². The van der Waals surface area contributed by atoms with E-state index in [1.54, 1.807) is 24.5 Å². The molecule has 0 aromatic carbocycles. The molecule has 0 aliphatic carbocycles. The van der Waals surface area contributed by atoms with Gasteiger partial charge in [-0.1, -0.05) is 11.3 Å². The van der Waals surface area contributed by atoms with Crippen molar-refractivity contribution < 1.29 is 19.2 Å². The molecule has 2 aromatic heterocycles. The number of ketones is 1. The van der Waals surface area contributed by atoms with Crippen molar-refractivity contribution in [1.29, 1.82) is 0 Å². The van der Waals surface area contributed by atoms with E-state index in [-0.39, 0.29) is 16.1 Å². The minimum Gasteiger partial charge on any atom is -0.498 e. The van der Waals surface area contributed by atoms with Crippen molar-refractivity contribution in [3.63, 3.8) is 0 Å². The van der Waals surface area contributed by atoms with Crippen molar-refractivity contribution in [2.75, 3.05) is 36.8 Å². The molecule has 1 saturated heterocycles. The molecule has 0 radical (unpaired) electrons. The van der Waals surface area contributed by atoms with Gasteiger partial charge < -0.3 is 20.5 Å². The van der Waals surface area contributed by atoms with Gasteiger partial charge in [-0.15, -0.1) is 0 Å². The first-order valence-corrected chi connectivity index (χ1v) is 10.0. The molecule has 1 aliphatic heterocycles. The second-order valence-electron chi connectivity index (χ2n) is 7.96. The Morgan fingerprint density at radius 1 is 1.25 bits per heavy atom. The number of pyridine rings is 1. The number of carboxylic acid groups (broad SMARTS) is 1. The Kier molecular flexibility index (Phi) is 5.40. The number of aromatic nitrogens is 2. The summed E-state index contributed by atoms with van der Waals surface area (Å²) in [6.45, 7) is 7.92. The normalized spacial score (nSPS) is 20.6. The van der Waals surface area contributed by atoms with Crippen LogP contribution in [0, 0.1) is 0 Å². The van der Waals surface area contributed by atoms with Gasteiger partial charge in [-0.3, -0.25) is 9.28 Å². The molecule has 1 unspecified atom stereocenters. The van der Waals surface area contributed by atoms with Crippen molar-refractivity contribution in [2.24, 2.45) is 0 Å². The summed E-state index contributed by atoms with van der Waals surface area (Å²) in [5.74, 6) is -0.0165. The first-order valence-electron chi connectivity index (χ1n) is 9.20. The first kappa shape index (κ1) is 20.2. The smallest absolute Gasteiger partial charge is 0.257 e. The average Bonchev–Trinajstić information content (AvgIpc) is 2.99. The quantitative estimate of drug-likeness (QED) is 0.611. The van der Waals surface area contributed by atoms with E-state index in [4.69, 9.17) is 5.73 Å². The summed E-state index contributed by atoms with van der Waals surface area (Å²) >= 11 is 1.29. The largest absolute Gasteiger partial charge is 0.498 e. The van der Waals surface area contributed by atoms with Crippen LogP contribution in [0.2, 0.25) is 0 Å². The molecule has 1 fully saturated rings. The predicted octanol–water partition coefficient (Wildman–Crippen LogP) is 1.52. The minimum atomic E-state index is -1.04. The van der Waals surface area contributed by atoms with Crippen LogP contribution in [0.5, 0.6) is 0 Å². The number of nitrogens with two attached hydrogens (primary N) is 1. The number of quaternary nitrogens is 1. The van der Waals surface area contributed by atoms with Gasteiger partial charge in [0.15, 0.2) is 5.13 Å². The summed E-state index contributed by atoms with van der Waals surface area (Å²) in [5.41, 5.74) is 5.70. The molecule has 9 heteroatoms. The summed E-state index contributed by atoms with van der Waals surface area (Å²) in [6, 6.07) is 3.31. The zero-order chi connectivity index (χ0) is 20.5. The van der Waals surface area contributed by atoms with Gasteiger partial charge in [0.2, 0.25) is 5.78 Å². The van der Waals surface area contributed by atoms with E-state index < -0.39 is 11.6 Å². The van der Waals surface area contributed by atoms with Crippen LogP contribution in [-0.4, -0.2) is 58.0 Å². The SMILES string of the molecule is CC(C)(C)[N+]1(C(=O)[O-])CCCN(c2ncc(C(=O)c3cccnc3N)s2)CC1. The summed E-state index contributed by atoms with van der Waals surface area (Å²) in [7, 11) is 0. The van der Waals surface area contributed by atoms with Gasteiger partial charge >= 0.3 is 0 Å². The summed E-state index contributed by atoms with van der Waals surface area (Å²) in [4.78, 5) is 35.6. The van der Waals surface area contributed by atoms with Crippen LogP contribution >= 0.6 is 11.3 Å². The monoisotopic (exact) mass is 403 g/mol. The second-order valence-corrected chi connectivity index (χ2v) is 8.97. The number of nitrogen functional groups attached to an aromatic ring is 1. The van der Waals surface area contributed by atoms with E-state index in [0.29, 0.717) is 48.2 Å². The second kappa shape index (κ2) is 7.48. The van der Waals surface area contributed by atoms with Gasteiger partial charge in [-0.2, -0.15) is 0 Å². The van der Waals surface area contributed by atoms with Crippen LogP contribution in [-0.2, 0) is 0 Å². The number of hydrogen-bond donors (Lipinski definition) is 1. The molecular weight excluding hydrogens is 378 g/mol. The summed E-state index contributed by atoms with van der Waals surface area (Å²) in [6.07, 6.45) is 2.74. The number of carbonyl (C=O) groups is 2. The highest BCUT2D eigenvalue weighted by atomic mass is 32.1. The Hall–Kier alpha value is -2.52. The Morgan fingerprint density at radius 3 is 2.64 bits per heavy atom. The molecule has 0 bridgehead atoms. The Labute approximate surface area is 168 Å². The number of hydrogen-bond acceptors (Lipinski definition) is 8. The first-order chi connectivity index (χ1) is 13.2. The molecule has 1 amide bonds. The van der Waals surface area contributed by atoms with Crippen molar-refractivity contribution in [3.8, 4) is 0 Å². The highest BCUT2D eigenvalue weighted by molar-refractivity contribution is 7.17. The third-order valence-electron chi connectivity index (χ3n) is 5.42. The zero-order valence-electron chi connectivity index (χ0n) is 16.3. The molecule has 28 heavy (non-hydrogen) atoms. The summed E-state index contributed by atoms with van der Waals surface area (Å²) in [5, 5.41) is 12.7. The maximum absolute atomic E-state index is 12.7. The Bertz CT molecular complexity index is 892. The van der Waals surface area contributed by atoms with Crippen LogP contribution in [0.15, 0.2) is 24.5 Å². The molecule has 2 aromatic rings. The lowest BCUT2D eigenvalue weighted by Crippen LogP contribution is -2.68. The molecule has 1 aliphatic rings. The van der Waals surface area contributed by atoms with E-state index in [1.165, 1.54) is 11.3 Å². The molecule has 1 atom stereocenters. The van der Waals surface area contributed by atoms with E-state index in [0.717, 1.165) is 0 Å². The third-order valence-corrected chi connectivity index (χ3v) is 6.48. The van der Waals surface area contributed by atoms with Crippen molar-refractivity contribution in [2.45, 2.75) is 32.7 Å². The number of rotatable bonds is 3. The lowest BCUT2D eigenvalue weighted by atomic mass is 10.0. The maximum Gasteiger partial charge on any atom is 0.257 e. The van der Waals surface area contributed by atoms with Gasteiger partial charge in [0.25, 0.3) is 6.09 Å². The van der Waals surface area contributed by atoms with Crippen LogP contribution in [0.1, 0.15) is 42.4 Å². The lowest BCUT2D eigenvalue weighted by Gasteiger charge is -2.47. The molecule has 150 valence electrons. The molecule has 8 nitrogen and oxygen atoms in total. The fourth-order valence-electron chi connectivity index (χ4n) is 3.62. The van der Waals surface area contributed by atoms with Gasteiger partial charge in [-0.05, 0) is 32.9 Å². The van der Waals surface area contributed by atoms with Gasteiger partial charge in [-0.25, -0.2) is 9.97 Å². The molecule has 0 saturated carbocycles. The average molecular weight is 404 g/mol. The maximum atomic E-state index is 12.7. The van der Waals surface area contributed by atoms with Crippen molar-refractivity contribution >= 4 is 34.2 Å². The number of thiazole rings is 1. The fourth-order valence-corrected chi connectivity index (χ4v) is 4.55. The number of carbonyl (C=O) groups excluding carboxylic acids is 2. The van der Waals surface area contributed by atoms with E-state index in [1.807, 2.05) is 25.7 Å². The minimum absolute atomic E-state index is 0.0904. The molecule has 2 N–H and O–H groups in total. The molecule has 3 rings (SSSR count). The zero-order valence-corrected chi connectivity index (χ0v) is 17.2. The van der Waals surface area contributed by atoms with Gasteiger partial charge in [0, 0.05) is 19.2 Å². The highest BCUT2D eigenvalue weighted by Gasteiger charge is 2.43. The van der Waals surface area contributed by atoms with Crippen LogP contribution in [0.25, 0.3) is 0 Å². The number of anilines is 2. The molecule has 0 spiro atoms. The van der Waals surface area contributed by atoms with E-state index in [2.05, 4.69) is 9.97 Å². The van der Waals surface area contributed by atoms with Crippen molar-refractivity contribution in [3.05, 3.63) is 35.0 Å². The Balaban J connectivity index is 1.80. The number of nitrogens with zero attached hydrogens (tertiary/aromatic N) is 4. The summed E-state index contributed by atoms with van der Waals surface area (Å²) < 4.78 is -0.0904. The van der Waals surface area contributed by atoms with E-state index in [9.17, 15) is 14.7 Å². The van der Waals surface area contributed by atoms with Crippen molar-refractivity contribution in [1.82, 2.24) is 9.97 Å². The van der Waals surface area contributed by atoms with E-state index >= 15 is 0 Å². The van der Waals surface area contributed by atoms with Gasteiger partial charge in [0.05, 0.1) is 35.3 Å². The topological polar surface area (TPSA) is 112 Å². The van der Waals surface area contributed by atoms with Gasteiger partial charge in [0.1, 0.15) is 12.4 Å². The molecular formula is C19H25N5O3S. The lowest BCUT2D eigenvalue weighted by molar-refractivity contribution is -0.917. The Morgan fingerprint density at radius 2 is 2.00 bits per heavy atom. The highest BCUT2D eigenvalue weighted by Crippen LogP contribution is 2.31. The standard InChI is InChI=1S/C19H25N5O3S/c1-19(2,3)24(18(26)27)10-5-8-23(9-11-24)17-22-12-14(28-17)15(25)13-6-4-7-21-16(13)20/h4,6-7,12H,5,8-11H2,1-3H3,(H2-,20,21,25,26,27). The molecule has 3 heterocycles. The van der Waals surface area contributed by atoms with Crippen LogP contribution in [0.3, 0.4) is 0 Å². The van der Waals surface area contributed by atoms with Crippen LogP contribution in [0.4, 0.5) is 15.7 Å². The third kappa shape index (κ3) is 3.59. The predicted molar refractivity (Wildman–Crippen MR) is 106 cm³/mol. The fraction of sp³-hybridized carbons (Fsp3) is 0.474. The number of amides is 1.